The van der Waals surface area contributed by atoms with E-state index in [9.17, 15) is 9.18 Å². The zero-order valence-corrected chi connectivity index (χ0v) is 12.5. The summed E-state index contributed by atoms with van der Waals surface area (Å²) in [5.41, 5.74) is 1.29. The number of carbonyl (C=O) groups is 1. The Balaban J connectivity index is 1.95. The van der Waals surface area contributed by atoms with E-state index in [-0.39, 0.29) is 11.6 Å². The third-order valence-corrected chi connectivity index (χ3v) is 3.20. The van der Waals surface area contributed by atoms with Crippen molar-refractivity contribution in [3.8, 4) is 5.75 Å². The lowest BCUT2D eigenvalue weighted by atomic mass is 10.1. The number of aliphatic imine (C=N–C) groups is 1. The minimum atomic E-state index is -0.574. The normalized spacial score (nSPS) is 15.5. The first-order valence-corrected chi connectivity index (χ1v) is 7.17. The molecule has 2 aromatic carbocycles. The van der Waals surface area contributed by atoms with Crippen LogP contribution in [0.4, 0.5) is 4.39 Å². The molecule has 0 bridgehead atoms. The molecule has 2 aromatic rings. The standard InChI is InChI=1S/C18H14FNO3/c1-2-22-16-9-4-3-6-12(16)11-15-18(21)23-17(20-15)13-7-5-8-14(19)10-13/h3-11H,2H2,1H3. The molecule has 5 heteroatoms. The predicted molar refractivity (Wildman–Crippen MR) is 84.6 cm³/mol. The SMILES string of the molecule is CCOc1ccccc1C=C1N=C(c2cccc(F)c2)OC1=O. The third kappa shape index (κ3) is 3.29. The van der Waals surface area contributed by atoms with Gasteiger partial charge in [0.2, 0.25) is 5.90 Å². The first-order valence-electron chi connectivity index (χ1n) is 7.17. The summed E-state index contributed by atoms with van der Waals surface area (Å²) < 4.78 is 23.9. The highest BCUT2D eigenvalue weighted by molar-refractivity contribution is 6.12. The van der Waals surface area contributed by atoms with E-state index in [2.05, 4.69) is 4.99 Å². The Kier molecular flexibility index (Phi) is 4.19. The lowest BCUT2D eigenvalue weighted by Gasteiger charge is -2.06. The molecule has 23 heavy (non-hydrogen) atoms. The van der Waals surface area contributed by atoms with Crippen molar-refractivity contribution in [1.82, 2.24) is 0 Å². The fourth-order valence-electron chi connectivity index (χ4n) is 2.19. The van der Waals surface area contributed by atoms with Crippen molar-refractivity contribution < 1.29 is 18.7 Å². The van der Waals surface area contributed by atoms with Gasteiger partial charge in [-0.05, 0) is 37.3 Å². The minimum absolute atomic E-state index is 0.0923. The van der Waals surface area contributed by atoms with Gasteiger partial charge >= 0.3 is 5.97 Å². The van der Waals surface area contributed by atoms with Crippen LogP contribution < -0.4 is 4.74 Å². The molecule has 0 atom stereocenters. The van der Waals surface area contributed by atoms with E-state index in [1.54, 1.807) is 12.1 Å². The molecule has 1 aliphatic heterocycles. The smallest absolute Gasteiger partial charge is 0.363 e. The summed E-state index contributed by atoms with van der Waals surface area (Å²) in [7, 11) is 0. The Morgan fingerprint density at radius 3 is 2.83 bits per heavy atom. The number of rotatable bonds is 4. The number of para-hydroxylation sites is 1. The Morgan fingerprint density at radius 1 is 1.22 bits per heavy atom. The maximum Gasteiger partial charge on any atom is 0.363 e. The molecule has 0 fully saturated rings. The van der Waals surface area contributed by atoms with Gasteiger partial charge in [0.05, 0.1) is 6.61 Å². The van der Waals surface area contributed by atoms with Crippen LogP contribution in [0.1, 0.15) is 18.1 Å². The molecular weight excluding hydrogens is 297 g/mol. The van der Waals surface area contributed by atoms with Crippen molar-refractivity contribution in [1.29, 1.82) is 0 Å². The van der Waals surface area contributed by atoms with Crippen molar-refractivity contribution in [3.05, 3.63) is 71.2 Å². The molecule has 0 saturated carbocycles. The summed E-state index contributed by atoms with van der Waals surface area (Å²) in [6, 6.07) is 13.1. The van der Waals surface area contributed by atoms with Gasteiger partial charge < -0.3 is 9.47 Å². The van der Waals surface area contributed by atoms with Crippen LogP contribution in [0.15, 0.2) is 59.2 Å². The van der Waals surface area contributed by atoms with Crippen LogP contribution in [0.5, 0.6) is 5.75 Å². The van der Waals surface area contributed by atoms with Crippen molar-refractivity contribution in [2.45, 2.75) is 6.92 Å². The molecule has 1 aliphatic rings. The van der Waals surface area contributed by atoms with E-state index in [0.29, 0.717) is 17.9 Å². The maximum absolute atomic E-state index is 13.3. The summed E-state index contributed by atoms with van der Waals surface area (Å²) >= 11 is 0. The zero-order chi connectivity index (χ0) is 16.2. The number of hydrogen-bond acceptors (Lipinski definition) is 4. The number of nitrogens with zero attached hydrogens (tertiary/aromatic N) is 1. The second-order valence-corrected chi connectivity index (χ2v) is 4.82. The maximum atomic E-state index is 13.3. The van der Waals surface area contributed by atoms with Crippen molar-refractivity contribution in [3.63, 3.8) is 0 Å². The Bertz CT molecular complexity index is 811. The number of cyclic esters (lactones) is 1. The van der Waals surface area contributed by atoms with Crippen molar-refractivity contribution >= 4 is 17.9 Å². The van der Waals surface area contributed by atoms with E-state index in [1.807, 2.05) is 31.2 Å². The minimum Gasteiger partial charge on any atom is -0.493 e. The number of carbonyl (C=O) groups excluding carboxylic acids is 1. The highest BCUT2D eigenvalue weighted by atomic mass is 19.1. The molecule has 0 N–H and O–H groups in total. The fourth-order valence-corrected chi connectivity index (χ4v) is 2.19. The molecule has 0 radical (unpaired) electrons. The quantitative estimate of drug-likeness (QED) is 0.640. The van der Waals surface area contributed by atoms with Crippen LogP contribution in [-0.2, 0) is 9.53 Å². The first kappa shape index (κ1) is 15.0. The lowest BCUT2D eigenvalue weighted by Crippen LogP contribution is -2.05. The molecule has 0 aliphatic carbocycles. The van der Waals surface area contributed by atoms with Crippen molar-refractivity contribution in [2.75, 3.05) is 6.61 Å². The summed E-state index contributed by atoms with van der Waals surface area (Å²) in [5, 5.41) is 0. The van der Waals surface area contributed by atoms with E-state index >= 15 is 0 Å². The van der Waals surface area contributed by atoms with Gasteiger partial charge in [0.15, 0.2) is 5.70 Å². The Labute approximate surface area is 132 Å². The van der Waals surface area contributed by atoms with Crippen molar-refractivity contribution in [2.24, 2.45) is 4.99 Å². The Hall–Kier alpha value is -2.95. The average Bonchev–Trinajstić information content (AvgIpc) is 2.91. The summed E-state index contributed by atoms with van der Waals surface area (Å²) in [5.74, 6) is -0.240. The highest BCUT2D eigenvalue weighted by Gasteiger charge is 2.24. The van der Waals surface area contributed by atoms with Gasteiger partial charge in [0.25, 0.3) is 0 Å². The molecule has 0 unspecified atom stereocenters. The second-order valence-electron chi connectivity index (χ2n) is 4.82. The van der Waals surface area contributed by atoms with Crippen LogP contribution >= 0.6 is 0 Å². The van der Waals surface area contributed by atoms with Crippen LogP contribution in [0.2, 0.25) is 0 Å². The molecular formula is C18H14FNO3. The number of halogens is 1. The van der Waals surface area contributed by atoms with E-state index < -0.39 is 11.8 Å². The first-order chi connectivity index (χ1) is 11.2. The van der Waals surface area contributed by atoms with Crippen LogP contribution in [0.3, 0.4) is 0 Å². The van der Waals surface area contributed by atoms with Crippen LogP contribution in [-0.4, -0.2) is 18.5 Å². The predicted octanol–water partition coefficient (Wildman–Crippen LogP) is 3.57. The van der Waals surface area contributed by atoms with Gasteiger partial charge in [0, 0.05) is 11.1 Å². The molecule has 3 rings (SSSR count). The second kappa shape index (κ2) is 6.44. The molecule has 1 heterocycles. The van der Waals surface area contributed by atoms with Gasteiger partial charge in [0.1, 0.15) is 11.6 Å². The largest absolute Gasteiger partial charge is 0.493 e. The zero-order valence-electron chi connectivity index (χ0n) is 12.5. The molecule has 0 saturated heterocycles. The average molecular weight is 311 g/mol. The van der Waals surface area contributed by atoms with E-state index in [0.717, 1.165) is 5.56 Å². The fraction of sp³-hybridized carbons (Fsp3) is 0.111. The third-order valence-electron chi connectivity index (χ3n) is 3.20. The molecule has 0 aromatic heterocycles. The molecule has 116 valence electrons. The summed E-state index contributed by atoms with van der Waals surface area (Å²) in [6.07, 6.45) is 1.60. The van der Waals surface area contributed by atoms with Crippen LogP contribution in [0.25, 0.3) is 6.08 Å². The van der Waals surface area contributed by atoms with Gasteiger partial charge in [-0.15, -0.1) is 0 Å². The molecule has 0 amide bonds. The van der Waals surface area contributed by atoms with Gasteiger partial charge in [-0.3, -0.25) is 0 Å². The summed E-state index contributed by atoms with van der Waals surface area (Å²) in [4.78, 5) is 16.1. The topological polar surface area (TPSA) is 47.9 Å². The number of ether oxygens (including phenoxy) is 2. The summed E-state index contributed by atoms with van der Waals surface area (Å²) in [6.45, 7) is 2.40. The van der Waals surface area contributed by atoms with Gasteiger partial charge in [-0.1, -0.05) is 24.3 Å². The molecule has 0 spiro atoms. The molecule has 4 nitrogen and oxygen atoms in total. The van der Waals surface area contributed by atoms with Gasteiger partial charge in [-0.2, -0.15) is 0 Å². The van der Waals surface area contributed by atoms with E-state index in [4.69, 9.17) is 9.47 Å². The van der Waals surface area contributed by atoms with Gasteiger partial charge in [-0.25, -0.2) is 14.2 Å². The highest BCUT2D eigenvalue weighted by Crippen LogP contribution is 2.24. The number of benzene rings is 2. The lowest BCUT2D eigenvalue weighted by molar-refractivity contribution is -0.129. The number of esters is 1. The van der Waals surface area contributed by atoms with E-state index in [1.165, 1.54) is 18.2 Å². The Morgan fingerprint density at radius 2 is 2.04 bits per heavy atom. The monoisotopic (exact) mass is 311 g/mol. The number of hydrogen-bond donors (Lipinski definition) is 0. The van der Waals surface area contributed by atoms with Crippen LogP contribution in [0, 0.1) is 5.82 Å².